The molecule has 1 N–H and O–H groups in total. The van der Waals surface area contributed by atoms with Crippen LogP contribution in [-0.4, -0.2) is 72.6 Å². The third-order valence-corrected chi connectivity index (χ3v) is 3.66. The van der Waals surface area contributed by atoms with Crippen molar-refractivity contribution in [2.45, 2.75) is 18.6 Å². The molecule has 108 valence electrons. The Labute approximate surface area is 114 Å². The van der Waals surface area contributed by atoms with E-state index in [0.29, 0.717) is 18.7 Å². The Hall–Kier alpha value is -1.11. The van der Waals surface area contributed by atoms with E-state index in [0.717, 1.165) is 25.3 Å². The van der Waals surface area contributed by atoms with E-state index >= 15 is 0 Å². The molecule has 6 nitrogen and oxygen atoms in total. The molecular weight excluding hydrogens is 244 g/mol. The summed E-state index contributed by atoms with van der Waals surface area (Å²) in [5, 5.41) is 15.2. The van der Waals surface area contributed by atoms with Crippen molar-refractivity contribution in [1.29, 1.82) is 0 Å². The minimum atomic E-state index is -0.858. The number of methoxy groups -OCH3 is 1. The highest BCUT2D eigenvalue weighted by atomic mass is 16.5. The maximum atomic E-state index is 10.9. The fourth-order valence-electron chi connectivity index (χ4n) is 2.63. The Morgan fingerprint density at radius 1 is 1.53 bits per heavy atom. The molecule has 2 heterocycles. The van der Waals surface area contributed by atoms with Gasteiger partial charge in [0, 0.05) is 19.6 Å². The van der Waals surface area contributed by atoms with E-state index in [1.54, 1.807) is 13.3 Å². The molecule has 0 radical (unpaired) electrons. The number of rotatable bonds is 5. The SMILES string of the molecule is COc1cnn(CCN(C)C)c1C1(O)CCN(C)C1. The number of ether oxygens (including phenoxy) is 1. The van der Waals surface area contributed by atoms with Crippen molar-refractivity contribution >= 4 is 0 Å². The van der Waals surface area contributed by atoms with Gasteiger partial charge in [-0.3, -0.25) is 4.68 Å². The fraction of sp³-hybridized carbons (Fsp3) is 0.769. The van der Waals surface area contributed by atoms with E-state index in [1.807, 2.05) is 25.8 Å². The summed E-state index contributed by atoms with van der Waals surface area (Å²) in [7, 11) is 7.70. The molecule has 1 aromatic rings. The van der Waals surface area contributed by atoms with Crippen molar-refractivity contribution in [3.63, 3.8) is 0 Å². The van der Waals surface area contributed by atoms with Gasteiger partial charge in [-0.05, 0) is 27.6 Å². The summed E-state index contributed by atoms with van der Waals surface area (Å²) in [6.07, 6.45) is 2.41. The Bertz CT molecular complexity index is 432. The Morgan fingerprint density at radius 2 is 2.26 bits per heavy atom. The number of β-amino-alcohol motifs (C(OH)–C–C–N with tert-alkyl or cyclic N) is 1. The molecule has 1 aromatic heterocycles. The monoisotopic (exact) mass is 268 g/mol. The molecule has 1 atom stereocenters. The van der Waals surface area contributed by atoms with E-state index in [4.69, 9.17) is 4.74 Å². The predicted octanol–water partition coefficient (Wildman–Crippen LogP) is -0.0236. The van der Waals surface area contributed by atoms with E-state index in [1.165, 1.54) is 0 Å². The van der Waals surface area contributed by atoms with Crippen LogP contribution in [0.25, 0.3) is 0 Å². The standard InChI is InChI=1S/C13H24N4O2/c1-15(2)7-8-17-12(11(19-4)9-14-17)13(18)5-6-16(3)10-13/h9,18H,5-8,10H2,1-4H3. The molecule has 1 unspecified atom stereocenters. The number of nitrogens with zero attached hydrogens (tertiary/aromatic N) is 4. The third-order valence-electron chi connectivity index (χ3n) is 3.66. The number of hydrogen-bond acceptors (Lipinski definition) is 5. The van der Waals surface area contributed by atoms with Gasteiger partial charge >= 0.3 is 0 Å². The first kappa shape index (κ1) is 14.3. The third kappa shape index (κ3) is 2.91. The zero-order chi connectivity index (χ0) is 14.0. The lowest BCUT2D eigenvalue weighted by Crippen LogP contribution is -2.33. The van der Waals surface area contributed by atoms with Crippen LogP contribution in [-0.2, 0) is 12.1 Å². The van der Waals surface area contributed by atoms with Crippen LogP contribution in [0, 0.1) is 0 Å². The van der Waals surface area contributed by atoms with E-state index in [9.17, 15) is 5.11 Å². The lowest BCUT2D eigenvalue weighted by molar-refractivity contribution is 0.0366. The summed E-state index contributed by atoms with van der Waals surface area (Å²) >= 11 is 0. The van der Waals surface area contributed by atoms with Gasteiger partial charge in [0.05, 0.1) is 19.9 Å². The lowest BCUT2D eigenvalue weighted by Gasteiger charge is -2.25. The molecule has 19 heavy (non-hydrogen) atoms. The van der Waals surface area contributed by atoms with E-state index in [-0.39, 0.29) is 0 Å². The summed E-state index contributed by atoms with van der Waals surface area (Å²) in [5.74, 6) is 0.677. The second-order valence-electron chi connectivity index (χ2n) is 5.61. The number of aliphatic hydroxyl groups is 1. The topological polar surface area (TPSA) is 53.8 Å². The first-order valence-corrected chi connectivity index (χ1v) is 6.62. The Balaban J connectivity index is 2.28. The summed E-state index contributed by atoms with van der Waals surface area (Å²) < 4.78 is 7.24. The molecule has 2 rings (SSSR count). The minimum Gasteiger partial charge on any atom is -0.493 e. The maximum absolute atomic E-state index is 10.9. The van der Waals surface area contributed by atoms with Crippen LogP contribution in [0.4, 0.5) is 0 Å². The maximum Gasteiger partial charge on any atom is 0.162 e. The first-order valence-electron chi connectivity index (χ1n) is 6.62. The smallest absolute Gasteiger partial charge is 0.162 e. The van der Waals surface area contributed by atoms with Gasteiger partial charge in [0.25, 0.3) is 0 Å². The fourth-order valence-corrected chi connectivity index (χ4v) is 2.63. The lowest BCUT2D eigenvalue weighted by atomic mass is 9.98. The first-order chi connectivity index (χ1) is 8.96. The van der Waals surface area contributed by atoms with Gasteiger partial charge in [-0.2, -0.15) is 5.10 Å². The zero-order valence-corrected chi connectivity index (χ0v) is 12.3. The molecule has 0 amide bonds. The van der Waals surface area contributed by atoms with Crippen LogP contribution in [0.1, 0.15) is 12.1 Å². The van der Waals surface area contributed by atoms with Gasteiger partial charge < -0.3 is 19.6 Å². The second-order valence-corrected chi connectivity index (χ2v) is 5.61. The average Bonchev–Trinajstić information content (AvgIpc) is 2.91. The summed E-state index contributed by atoms with van der Waals surface area (Å²) in [4.78, 5) is 4.23. The molecule has 0 saturated carbocycles. The van der Waals surface area contributed by atoms with Crippen LogP contribution in [0.3, 0.4) is 0 Å². The van der Waals surface area contributed by atoms with Gasteiger partial charge in [-0.25, -0.2) is 0 Å². The van der Waals surface area contributed by atoms with Crippen LogP contribution >= 0.6 is 0 Å². The molecule has 0 aromatic carbocycles. The van der Waals surface area contributed by atoms with Gasteiger partial charge in [-0.1, -0.05) is 0 Å². The van der Waals surface area contributed by atoms with E-state index in [2.05, 4.69) is 14.9 Å². The molecule has 0 bridgehead atoms. The van der Waals surface area contributed by atoms with Crippen LogP contribution in [0.2, 0.25) is 0 Å². The van der Waals surface area contributed by atoms with Gasteiger partial charge in [0.1, 0.15) is 11.3 Å². The molecule has 1 aliphatic rings. The highest BCUT2D eigenvalue weighted by Crippen LogP contribution is 2.36. The molecule has 1 saturated heterocycles. The average molecular weight is 268 g/mol. The number of likely N-dealkylation sites (N-methyl/N-ethyl adjacent to an activating group) is 2. The van der Waals surface area contributed by atoms with Crippen molar-refractivity contribution in [2.24, 2.45) is 0 Å². The Morgan fingerprint density at radius 3 is 2.79 bits per heavy atom. The van der Waals surface area contributed by atoms with Crippen molar-refractivity contribution in [3.8, 4) is 5.75 Å². The molecular formula is C13H24N4O2. The van der Waals surface area contributed by atoms with Crippen molar-refractivity contribution in [3.05, 3.63) is 11.9 Å². The van der Waals surface area contributed by atoms with Gasteiger partial charge in [0.15, 0.2) is 5.75 Å². The quantitative estimate of drug-likeness (QED) is 0.813. The van der Waals surface area contributed by atoms with Crippen molar-refractivity contribution in [1.82, 2.24) is 19.6 Å². The molecule has 1 fully saturated rings. The second kappa shape index (κ2) is 5.48. The normalized spacial score (nSPS) is 24.3. The van der Waals surface area contributed by atoms with Crippen molar-refractivity contribution in [2.75, 3.05) is 47.9 Å². The molecule has 6 heteroatoms. The van der Waals surface area contributed by atoms with Gasteiger partial charge in [0.2, 0.25) is 0 Å². The van der Waals surface area contributed by atoms with Crippen LogP contribution in [0.5, 0.6) is 5.75 Å². The number of hydrogen-bond donors (Lipinski definition) is 1. The van der Waals surface area contributed by atoms with Gasteiger partial charge in [-0.15, -0.1) is 0 Å². The highest BCUT2D eigenvalue weighted by Gasteiger charge is 2.41. The summed E-state index contributed by atoms with van der Waals surface area (Å²) in [6, 6.07) is 0. The summed E-state index contributed by atoms with van der Waals surface area (Å²) in [5.41, 5.74) is -0.0516. The molecule has 0 aliphatic carbocycles. The van der Waals surface area contributed by atoms with Crippen molar-refractivity contribution < 1.29 is 9.84 Å². The zero-order valence-electron chi connectivity index (χ0n) is 12.3. The minimum absolute atomic E-state index is 0.622. The van der Waals surface area contributed by atoms with Crippen LogP contribution in [0.15, 0.2) is 6.20 Å². The molecule has 0 spiro atoms. The highest BCUT2D eigenvalue weighted by molar-refractivity contribution is 5.32. The Kier molecular flexibility index (Phi) is 4.13. The summed E-state index contributed by atoms with van der Waals surface area (Å²) in [6.45, 7) is 3.14. The van der Waals surface area contributed by atoms with Crippen LogP contribution < -0.4 is 4.74 Å². The number of aromatic nitrogens is 2. The largest absolute Gasteiger partial charge is 0.493 e. The number of likely N-dealkylation sites (tertiary alicyclic amines) is 1. The predicted molar refractivity (Wildman–Crippen MR) is 73.3 cm³/mol. The van der Waals surface area contributed by atoms with E-state index < -0.39 is 5.60 Å². The molecule has 1 aliphatic heterocycles.